The molecule has 4 heterocycles. The Bertz CT molecular complexity index is 2390. The first-order valence-electron chi connectivity index (χ1n) is 23.6. The van der Waals surface area contributed by atoms with E-state index in [0.717, 1.165) is 83.1 Å². The summed E-state index contributed by atoms with van der Waals surface area (Å²) in [5, 5.41) is 24.7. The number of anilines is 1. The van der Waals surface area contributed by atoms with Crippen molar-refractivity contribution in [2.24, 2.45) is 0 Å². The molecule has 0 saturated carbocycles. The van der Waals surface area contributed by atoms with Crippen molar-refractivity contribution >= 4 is 19.2 Å². The van der Waals surface area contributed by atoms with E-state index in [1.807, 2.05) is 6.07 Å². The summed E-state index contributed by atoms with van der Waals surface area (Å²) in [5.74, 6) is -1.24. The summed E-state index contributed by atoms with van der Waals surface area (Å²) in [6.07, 6.45) is 6.54. The van der Waals surface area contributed by atoms with Gasteiger partial charge in [0.25, 0.3) is 0 Å². The van der Waals surface area contributed by atoms with Crippen molar-refractivity contribution < 1.29 is 54.6 Å². The van der Waals surface area contributed by atoms with Crippen LogP contribution >= 0.6 is 7.82 Å². The van der Waals surface area contributed by atoms with Gasteiger partial charge in [-0.2, -0.15) is 28.8 Å². The average molecular weight is 971 g/mol. The third-order valence-corrected chi connectivity index (χ3v) is 13.5. The molecule has 0 bridgehead atoms. The lowest BCUT2D eigenvalue weighted by Gasteiger charge is -2.30. The summed E-state index contributed by atoms with van der Waals surface area (Å²) >= 11 is 0. The Hall–Kier alpha value is -4.65. The van der Waals surface area contributed by atoms with Crippen molar-refractivity contribution in [2.45, 2.75) is 172 Å². The molecule has 4 aromatic rings. The largest absolute Gasteiger partial charge is 0.530 e. The Morgan fingerprint density at radius 1 is 0.882 bits per heavy atom. The Morgan fingerprint density at radius 2 is 1.54 bits per heavy atom. The standard InChI is InChI=1S/C49H63F4N6O8P/c1-35-20-17-18-22-42(35)67-68(60,63-33-48(32-55)45-44(64-47(2,3)66-45)43(65-48)40-23-24-41-46(56)57-34-58-59(40)41)62-31-39(61-30-37-26-36(29-54)27-38(50)28-37)21-16-14-12-10-8-6-4-5-7-9-11-13-15-19-25-49(51,52)53/h17-18,20,22-24,26-28,34,39,43-45H,4-16,19,21,25,30-31,33H2,1-3H3,(H2,56,57,58)/t39-,43-,44-,45-,48+,68?/m0/s1. The van der Waals surface area contributed by atoms with Crippen LogP contribution in [0.25, 0.3) is 5.52 Å². The number of unbranched alkanes of at least 4 members (excludes halogenated alkanes) is 13. The first kappa shape index (κ1) is 52.7. The molecule has 0 spiro atoms. The molecular formula is C49H63F4N6O8P. The average Bonchev–Trinajstić information content (AvgIpc) is 3.96. The number of alkyl halides is 3. The summed E-state index contributed by atoms with van der Waals surface area (Å²) in [5.41, 5.74) is 6.51. The minimum atomic E-state index is -4.61. The maximum atomic E-state index is 14.9. The van der Waals surface area contributed by atoms with E-state index in [1.54, 1.807) is 61.7 Å². The number of hydrogen-bond donors (Lipinski definition) is 1. The molecule has 370 valence electrons. The molecule has 0 aliphatic carbocycles. The van der Waals surface area contributed by atoms with Crippen molar-refractivity contribution in [1.29, 1.82) is 10.5 Å². The number of nitrogens with zero attached hydrogens (tertiary/aromatic N) is 5. The third kappa shape index (κ3) is 14.9. The first-order chi connectivity index (χ1) is 32.5. The lowest BCUT2D eigenvalue weighted by Crippen LogP contribution is -2.46. The quantitative estimate of drug-likeness (QED) is 0.0322. The second kappa shape index (κ2) is 24.3. The second-order valence-corrected chi connectivity index (χ2v) is 19.7. The van der Waals surface area contributed by atoms with E-state index in [0.29, 0.717) is 35.2 Å². The summed E-state index contributed by atoms with van der Waals surface area (Å²) in [4.78, 5) is 4.06. The third-order valence-electron chi connectivity index (χ3n) is 12.2. The number of nitrogen functional groups attached to an aromatic ring is 1. The number of benzene rings is 2. The van der Waals surface area contributed by atoms with Gasteiger partial charge < -0.3 is 29.2 Å². The molecular weight excluding hydrogens is 908 g/mol. The van der Waals surface area contributed by atoms with Crippen molar-refractivity contribution in [3.05, 3.63) is 89.1 Å². The number of aryl methyl sites for hydroxylation is 1. The summed E-state index contributed by atoms with van der Waals surface area (Å²) in [6.45, 7) is 4.26. The highest BCUT2D eigenvalue weighted by molar-refractivity contribution is 7.48. The van der Waals surface area contributed by atoms with Crippen LogP contribution in [-0.4, -0.2) is 63.7 Å². The Labute approximate surface area is 396 Å². The Kier molecular flexibility index (Phi) is 18.8. The van der Waals surface area contributed by atoms with E-state index in [4.69, 9.17) is 38.3 Å². The lowest BCUT2D eigenvalue weighted by molar-refractivity contribution is -0.204. The van der Waals surface area contributed by atoms with Crippen LogP contribution in [0.1, 0.15) is 145 Å². The van der Waals surface area contributed by atoms with Gasteiger partial charge in [0, 0.05) is 6.42 Å². The fraction of sp³-hybridized carbons (Fsp3) is 0.592. The molecule has 2 saturated heterocycles. The van der Waals surface area contributed by atoms with E-state index in [-0.39, 0.29) is 36.8 Å². The molecule has 0 radical (unpaired) electrons. The van der Waals surface area contributed by atoms with Gasteiger partial charge in [-0.05, 0) is 81.1 Å². The molecule has 6 rings (SSSR count). The van der Waals surface area contributed by atoms with Gasteiger partial charge in [-0.15, -0.1) is 0 Å². The molecule has 2 aliphatic rings. The number of aromatic nitrogens is 3. The van der Waals surface area contributed by atoms with Crippen LogP contribution in [0, 0.1) is 35.4 Å². The van der Waals surface area contributed by atoms with Crippen LogP contribution in [0.4, 0.5) is 23.4 Å². The first-order valence-corrected chi connectivity index (χ1v) is 25.0. The highest BCUT2D eigenvalue weighted by Crippen LogP contribution is 2.55. The number of phosphoric ester groups is 1. The van der Waals surface area contributed by atoms with Crippen LogP contribution in [-0.2, 0) is 39.2 Å². The smallest absolute Gasteiger partial charge is 0.404 e. The van der Waals surface area contributed by atoms with E-state index in [2.05, 4.69) is 16.2 Å². The van der Waals surface area contributed by atoms with E-state index < -0.39 is 68.6 Å². The number of rotatable bonds is 28. The summed E-state index contributed by atoms with van der Waals surface area (Å²) < 4.78 is 112. The number of hydrogen-bond acceptors (Lipinski definition) is 13. The maximum absolute atomic E-state index is 14.9. The fourth-order valence-corrected chi connectivity index (χ4v) is 9.98. The predicted molar refractivity (Wildman–Crippen MR) is 244 cm³/mol. The van der Waals surface area contributed by atoms with Crippen LogP contribution in [0.2, 0.25) is 0 Å². The van der Waals surface area contributed by atoms with Crippen molar-refractivity contribution in [1.82, 2.24) is 14.6 Å². The number of nitriles is 2. The van der Waals surface area contributed by atoms with E-state index >= 15 is 0 Å². The highest BCUT2D eigenvalue weighted by Gasteiger charge is 2.65. The number of phosphoric acid groups is 1. The highest BCUT2D eigenvalue weighted by atomic mass is 31.2. The number of nitrogens with two attached hydrogens (primary N) is 1. The SMILES string of the molecule is Cc1ccccc1OP(=O)(OC[C@H](CCCCCCCCCCCCCCCCC(F)(F)F)OCc1cc(F)cc(C#N)c1)OC[C@@]1(C#N)O[C@@H](c2ccc3c(N)ncnn23)[C@@H]2OC(C)(C)O[C@@H]21. The minimum absolute atomic E-state index is 0.0592. The molecule has 1 unspecified atom stereocenters. The number of halogens is 4. The zero-order valence-electron chi connectivity index (χ0n) is 39.1. The van der Waals surface area contributed by atoms with E-state index in [9.17, 15) is 32.7 Å². The molecule has 14 nitrogen and oxygen atoms in total. The number of ether oxygens (including phenoxy) is 4. The predicted octanol–water partition coefficient (Wildman–Crippen LogP) is 12.1. The van der Waals surface area contributed by atoms with Gasteiger partial charge in [0.15, 0.2) is 11.6 Å². The van der Waals surface area contributed by atoms with Gasteiger partial charge >= 0.3 is 14.0 Å². The van der Waals surface area contributed by atoms with Crippen LogP contribution in [0.15, 0.2) is 60.9 Å². The molecule has 2 N–H and O–H groups in total. The zero-order chi connectivity index (χ0) is 48.8. The van der Waals surface area contributed by atoms with Crippen molar-refractivity contribution in [3.8, 4) is 17.9 Å². The number of fused-ring (bicyclic) bond motifs is 2. The lowest BCUT2D eigenvalue weighted by atomic mass is 9.96. The molecule has 2 aliphatic heterocycles. The normalized spacial score (nSPS) is 21.3. The van der Waals surface area contributed by atoms with Crippen LogP contribution in [0.3, 0.4) is 0 Å². The minimum Gasteiger partial charge on any atom is -0.404 e. The molecule has 2 aromatic carbocycles. The number of para-hydroxylation sites is 1. The van der Waals surface area contributed by atoms with Gasteiger partial charge in [0.1, 0.15) is 54.4 Å². The van der Waals surface area contributed by atoms with Gasteiger partial charge in [-0.25, -0.2) is 18.5 Å². The molecule has 19 heteroatoms. The summed E-state index contributed by atoms with van der Waals surface area (Å²) in [7, 11) is -4.61. The Morgan fingerprint density at radius 3 is 2.19 bits per heavy atom. The maximum Gasteiger partial charge on any atom is 0.530 e. The van der Waals surface area contributed by atoms with Crippen LogP contribution in [0.5, 0.6) is 5.75 Å². The molecule has 0 amide bonds. The van der Waals surface area contributed by atoms with Gasteiger partial charge in [0.05, 0.1) is 36.6 Å². The van der Waals surface area contributed by atoms with Crippen molar-refractivity contribution in [3.63, 3.8) is 0 Å². The molecule has 68 heavy (non-hydrogen) atoms. The van der Waals surface area contributed by atoms with Gasteiger partial charge in [-0.1, -0.05) is 102 Å². The Balaban J connectivity index is 1.08. The monoisotopic (exact) mass is 970 g/mol. The molecule has 2 aromatic heterocycles. The summed E-state index contributed by atoms with van der Waals surface area (Å²) in [6, 6.07) is 18.5. The fourth-order valence-electron chi connectivity index (χ4n) is 8.65. The van der Waals surface area contributed by atoms with Gasteiger partial charge in [-0.3, -0.25) is 9.05 Å². The second-order valence-electron chi connectivity index (χ2n) is 18.1. The van der Waals surface area contributed by atoms with Crippen molar-refractivity contribution in [2.75, 3.05) is 18.9 Å². The molecule has 2 fully saturated rings. The topological polar surface area (TPSA) is 185 Å². The van der Waals surface area contributed by atoms with E-state index in [1.165, 1.54) is 18.5 Å². The molecule has 6 atom stereocenters. The van der Waals surface area contributed by atoms with Gasteiger partial charge in [0.2, 0.25) is 5.60 Å². The zero-order valence-corrected chi connectivity index (χ0v) is 40.0. The van der Waals surface area contributed by atoms with Crippen LogP contribution < -0.4 is 10.3 Å².